The SMILES string of the molecule is C.CC=CC=CC(=O)O. The first-order valence-electron chi connectivity index (χ1n) is 2.29. The van der Waals surface area contributed by atoms with Gasteiger partial charge in [0.25, 0.3) is 0 Å². The number of carboxylic acids is 1. The van der Waals surface area contributed by atoms with Crippen molar-refractivity contribution in [3.63, 3.8) is 0 Å². The largest absolute Gasteiger partial charge is 0.478 e. The Hall–Kier alpha value is -1.05. The Morgan fingerprint density at radius 3 is 2.33 bits per heavy atom. The molecule has 1 N–H and O–H groups in total. The summed E-state index contributed by atoms with van der Waals surface area (Å²) in [4.78, 5) is 9.75. The lowest BCUT2D eigenvalue weighted by Crippen LogP contribution is -1.83. The molecule has 0 amide bonds. The van der Waals surface area contributed by atoms with Gasteiger partial charge in [-0.2, -0.15) is 0 Å². The first-order valence-corrected chi connectivity index (χ1v) is 2.29. The number of allylic oxidation sites excluding steroid dienone is 3. The molecule has 0 heterocycles. The van der Waals surface area contributed by atoms with Crippen molar-refractivity contribution >= 4 is 5.97 Å². The molecule has 0 aromatic rings. The normalized spacial score (nSPS) is 9.89. The predicted molar refractivity (Wildman–Crippen MR) is 38.3 cm³/mol. The maximum atomic E-state index is 9.75. The molecule has 0 aromatic carbocycles. The highest BCUT2D eigenvalue weighted by molar-refractivity contribution is 5.80. The van der Waals surface area contributed by atoms with E-state index in [-0.39, 0.29) is 7.43 Å². The fourth-order valence-electron chi connectivity index (χ4n) is 0.249. The number of hydrogen-bond donors (Lipinski definition) is 1. The smallest absolute Gasteiger partial charge is 0.328 e. The van der Waals surface area contributed by atoms with Crippen molar-refractivity contribution in [1.82, 2.24) is 0 Å². The molecule has 0 aliphatic rings. The zero-order valence-corrected chi connectivity index (χ0v) is 4.66. The van der Waals surface area contributed by atoms with E-state index in [1.807, 2.05) is 6.92 Å². The van der Waals surface area contributed by atoms with Gasteiger partial charge in [-0.25, -0.2) is 4.79 Å². The molecule has 0 saturated carbocycles. The van der Waals surface area contributed by atoms with Crippen molar-refractivity contribution in [3.05, 3.63) is 24.3 Å². The molecular formula is C7H12O2. The van der Waals surface area contributed by atoms with Crippen molar-refractivity contribution in [2.24, 2.45) is 0 Å². The van der Waals surface area contributed by atoms with Crippen molar-refractivity contribution in [2.45, 2.75) is 14.4 Å². The summed E-state index contributed by atoms with van der Waals surface area (Å²) in [5.41, 5.74) is 0. The monoisotopic (exact) mass is 128 g/mol. The average Bonchev–Trinajstić information content (AvgIpc) is 1.66. The van der Waals surface area contributed by atoms with E-state index in [1.165, 1.54) is 6.08 Å². The van der Waals surface area contributed by atoms with Crippen LogP contribution in [0.3, 0.4) is 0 Å². The highest BCUT2D eigenvalue weighted by atomic mass is 16.4. The molecule has 0 aliphatic heterocycles. The van der Waals surface area contributed by atoms with Gasteiger partial charge >= 0.3 is 5.97 Å². The van der Waals surface area contributed by atoms with Crippen molar-refractivity contribution in [3.8, 4) is 0 Å². The van der Waals surface area contributed by atoms with Gasteiger partial charge in [0.1, 0.15) is 0 Å². The quantitative estimate of drug-likeness (QED) is 0.455. The minimum absolute atomic E-state index is 0. The summed E-state index contributed by atoms with van der Waals surface area (Å²) < 4.78 is 0. The molecule has 52 valence electrons. The fraction of sp³-hybridized carbons (Fsp3) is 0.286. The second-order valence-corrected chi connectivity index (χ2v) is 1.22. The fourth-order valence-corrected chi connectivity index (χ4v) is 0.249. The number of hydrogen-bond acceptors (Lipinski definition) is 1. The van der Waals surface area contributed by atoms with Crippen LogP contribution in [0.4, 0.5) is 0 Å². The van der Waals surface area contributed by atoms with E-state index in [9.17, 15) is 4.79 Å². The zero-order chi connectivity index (χ0) is 6.41. The molecule has 9 heavy (non-hydrogen) atoms. The predicted octanol–water partition coefficient (Wildman–Crippen LogP) is 1.84. The van der Waals surface area contributed by atoms with Gasteiger partial charge < -0.3 is 5.11 Å². The van der Waals surface area contributed by atoms with Crippen LogP contribution in [-0.2, 0) is 4.79 Å². The number of rotatable bonds is 2. The Morgan fingerprint density at radius 1 is 1.44 bits per heavy atom. The van der Waals surface area contributed by atoms with E-state index in [0.717, 1.165) is 6.08 Å². The van der Waals surface area contributed by atoms with Gasteiger partial charge in [0.05, 0.1) is 0 Å². The lowest BCUT2D eigenvalue weighted by atomic mass is 10.4. The third-order valence-electron chi connectivity index (χ3n) is 0.542. The Labute approximate surface area is 55.5 Å². The molecule has 0 rings (SSSR count). The summed E-state index contributed by atoms with van der Waals surface area (Å²) >= 11 is 0. The van der Waals surface area contributed by atoms with Crippen LogP contribution in [0.5, 0.6) is 0 Å². The van der Waals surface area contributed by atoms with Gasteiger partial charge in [0.2, 0.25) is 0 Å². The molecular weight excluding hydrogens is 116 g/mol. The number of carboxylic acid groups (broad SMARTS) is 1. The molecule has 0 unspecified atom stereocenters. The highest BCUT2D eigenvalue weighted by Gasteiger charge is 1.78. The number of carbonyl (C=O) groups is 1. The summed E-state index contributed by atoms with van der Waals surface area (Å²) in [6.45, 7) is 1.83. The van der Waals surface area contributed by atoms with E-state index in [2.05, 4.69) is 0 Å². The maximum absolute atomic E-state index is 9.75. The topological polar surface area (TPSA) is 37.3 Å². The van der Waals surface area contributed by atoms with Gasteiger partial charge in [-0.05, 0) is 6.92 Å². The molecule has 2 heteroatoms. The van der Waals surface area contributed by atoms with Crippen LogP contribution in [0.2, 0.25) is 0 Å². The Bertz CT molecular complexity index is 123. The summed E-state index contributed by atoms with van der Waals surface area (Å²) in [6, 6.07) is 0. The van der Waals surface area contributed by atoms with Gasteiger partial charge in [0.15, 0.2) is 0 Å². The lowest BCUT2D eigenvalue weighted by molar-refractivity contribution is -0.131. The highest BCUT2D eigenvalue weighted by Crippen LogP contribution is 1.74. The average molecular weight is 128 g/mol. The van der Waals surface area contributed by atoms with E-state index < -0.39 is 5.97 Å². The second kappa shape index (κ2) is 6.95. The van der Waals surface area contributed by atoms with E-state index in [0.29, 0.717) is 0 Å². The summed E-state index contributed by atoms with van der Waals surface area (Å²) in [5, 5.41) is 8.02. The molecule has 0 atom stereocenters. The maximum Gasteiger partial charge on any atom is 0.328 e. The van der Waals surface area contributed by atoms with Crippen LogP contribution >= 0.6 is 0 Å². The molecule has 0 fully saturated rings. The van der Waals surface area contributed by atoms with E-state index in [1.54, 1.807) is 12.2 Å². The Kier molecular flexibility index (Phi) is 8.38. The van der Waals surface area contributed by atoms with E-state index in [4.69, 9.17) is 5.11 Å². The third kappa shape index (κ3) is 10.9. The van der Waals surface area contributed by atoms with Crippen LogP contribution in [-0.4, -0.2) is 11.1 Å². The molecule has 0 aliphatic carbocycles. The van der Waals surface area contributed by atoms with Crippen molar-refractivity contribution < 1.29 is 9.90 Å². The van der Waals surface area contributed by atoms with Crippen LogP contribution in [0, 0.1) is 0 Å². The first kappa shape index (κ1) is 10.8. The Balaban J connectivity index is 0. The summed E-state index contributed by atoms with van der Waals surface area (Å²) in [7, 11) is 0. The standard InChI is InChI=1S/C6H8O2.CH4/c1-2-3-4-5-6(7)8;/h2-5H,1H3,(H,7,8);1H4. The second-order valence-electron chi connectivity index (χ2n) is 1.22. The van der Waals surface area contributed by atoms with Crippen molar-refractivity contribution in [1.29, 1.82) is 0 Å². The summed E-state index contributed by atoms with van der Waals surface area (Å²) in [5.74, 6) is -0.914. The molecule has 0 bridgehead atoms. The number of aliphatic carboxylic acids is 1. The minimum atomic E-state index is -0.914. The van der Waals surface area contributed by atoms with Crippen LogP contribution in [0.25, 0.3) is 0 Å². The Morgan fingerprint density at radius 2 is 2.00 bits per heavy atom. The lowest BCUT2D eigenvalue weighted by Gasteiger charge is -1.72. The van der Waals surface area contributed by atoms with Gasteiger partial charge in [-0.3, -0.25) is 0 Å². The first-order chi connectivity index (χ1) is 3.77. The van der Waals surface area contributed by atoms with Crippen LogP contribution in [0.15, 0.2) is 24.3 Å². The molecule has 0 radical (unpaired) electrons. The zero-order valence-electron chi connectivity index (χ0n) is 4.66. The third-order valence-corrected chi connectivity index (χ3v) is 0.542. The van der Waals surface area contributed by atoms with E-state index >= 15 is 0 Å². The van der Waals surface area contributed by atoms with Gasteiger partial charge in [0, 0.05) is 6.08 Å². The molecule has 0 aromatic heterocycles. The molecule has 2 nitrogen and oxygen atoms in total. The molecule has 0 spiro atoms. The summed E-state index contributed by atoms with van der Waals surface area (Å²) in [6.07, 6.45) is 5.98. The van der Waals surface area contributed by atoms with Crippen molar-refractivity contribution in [2.75, 3.05) is 0 Å². The van der Waals surface area contributed by atoms with Gasteiger partial charge in [-0.1, -0.05) is 25.7 Å². The molecule has 0 saturated heterocycles. The minimum Gasteiger partial charge on any atom is -0.478 e. The van der Waals surface area contributed by atoms with Crippen LogP contribution in [0.1, 0.15) is 14.4 Å². The van der Waals surface area contributed by atoms with Crippen LogP contribution < -0.4 is 0 Å². The van der Waals surface area contributed by atoms with Gasteiger partial charge in [-0.15, -0.1) is 0 Å².